The minimum atomic E-state index is -0.301. The fourth-order valence-electron chi connectivity index (χ4n) is 4.79. The SMILES string of the molecule is CN1CCCC[C@@H]1Cn1cc(C(=O)c2ccc(F)c3ccccc23)c2ccccc21. The van der Waals surface area contributed by atoms with Gasteiger partial charge in [-0.3, -0.25) is 4.79 Å². The summed E-state index contributed by atoms with van der Waals surface area (Å²) in [7, 11) is 2.19. The number of fused-ring (bicyclic) bond motifs is 2. The molecule has 3 nitrogen and oxygen atoms in total. The second-order valence-electron chi connectivity index (χ2n) is 8.31. The van der Waals surface area contributed by atoms with Gasteiger partial charge in [0, 0.05) is 46.2 Å². The lowest BCUT2D eigenvalue weighted by Crippen LogP contribution is -2.39. The lowest BCUT2D eigenvalue weighted by atomic mass is 9.97. The number of likely N-dealkylation sites (tertiary alicyclic amines) is 1. The highest BCUT2D eigenvalue weighted by Crippen LogP contribution is 2.29. The van der Waals surface area contributed by atoms with E-state index in [1.807, 2.05) is 36.5 Å². The molecule has 30 heavy (non-hydrogen) atoms. The van der Waals surface area contributed by atoms with Crippen LogP contribution < -0.4 is 0 Å². The number of hydrogen-bond acceptors (Lipinski definition) is 2. The highest BCUT2D eigenvalue weighted by molar-refractivity contribution is 6.21. The number of benzene rings is 3. The summed E-state index contributed by atoms with van der Waals surface area (Å²) < 4.78 is 16.5. The zero-order chi connectivity index (χ0) is 20.7. The molecule has 0 N–H and O–H groups in total. The number of aromatic nitrogens is 1. The Bertz CT molecular complexity index is 1240. The monoisotopic (exact) mass is 400 g/mol. The van der Waals surface area contributed by atoms with Crippen LogP contribution in [0.5, 0.6) is 0 Å². The number of hydrogen-bond donors (Lipinski definition) is 0. The normalized spacial score (nSPS) is 17.6. The van der Waals surface area contributed by atoms with E-state index in [0.29, 0.717) is 27.9 Å². The summed E-state index contributed by atoms with van der Waals surface area (Å²) in [6, 6.07) is 18.8. The van der Waals surface area contributed by atoms with E-state index in [-0.39, 0.29) is 11.6 Å². The van der Waals surface area contributed by atoms with Gasteiger partial charge in [0.15, 0.2) is 5.78 Å². The predicted molar refractivity (Wildman–Crippen MR) is 120 cm³/mol. The van der Waals surface area contributed by atoms with Crippen molar-refractivity contribution in [1.29, 1.82) is 0 Å². The standard InChI is InChI=1S/C26H25FN2O/c1-28-15-7-6-8-18(28)16-29-17-23(21-11-4-5-12-25(21)29)26(30)22-13-14-24(27)20-10-3-2-9-19(20)22/h2-5,9-14,17-18H,6-8,15-16H2,1H3/t18-/m1/s1. The van der Waals surface area contributed by atoms with Gasteiger partial charge in [-0.2, -0.15) is 0 Å². The van der Waals surface area contributed by atoms with Crippen LogP contribution in [0, 0.1) is 5.82 Å². The second-order valence-corrected chi connectivity index (χ2v) is 8.31. The quantitative estimate of drug-likeness (QED) is 0.414. The molecule has 4 heteroatoms. The van der Waals surface area contributed by atoms with Crippen LogP contribution >= 0.6 is 0 Å². The van der Waals surface area contributed by atoms with Gasteiger partial charge in [-0.25, -0.2) is 4.39 Å². The molecule has 1 aliphatic heterocycles. The molecule has 1 atom stereocenters. The van der Waals surface area contributed by atoms with Crippen molar-refractivity contribution in [3.8, 4) is 0 Å². The number of ketones is 1. The fraction of sp³-hybridized carbons (Fsp3) is 0.269. The lowest BCUT2D eigenvalue weighted by Gasteiger charge is -2.32. The van der Waals surface area contributed by atoms with Gasteiger partial charge >= 0.3 is 0 Å². The summed E-state index contributed by atoms with van der Waals surface area (Å²) in [6.45, 7) is 1.99. The largest absolute Gasteiger partial charge is 0.345 e. The molecule has 0 radical (unpaired) electrons. The number of halogens is 1. The average Bonchev–Trinajstić information content (AvgIpc) is 3.14. The van der Waals surface area contributed by atoms with Crippen LogP contribution in [0.3, 0.4) is 0 Å². The van der Waals surface area contributed by atoms with Crippen LogP contribution in [0.1, 0.15) is 35.2 Å². The first-order valence-corrected chi connectivity index (χ1v) is 10.6. The average molecular weight is 400 g/mol. The number of piperidine rings is 1. The maximum atomic E-state index is 14.3. The molecule has 4 aromatic rings. The van der Waals surface area contributed by atoms with E-state index >= 15 is 0 Å². The first-order valence-electron chi connectivity index (χ1n) is 10.6. The molecule has 5 rings (SSSR count). The highest BCUT2D eigenvalue weighted by Gasteiger charge is 2.23. The Morgan fingerprint density at radius 2 is 1.67 bits per heavy atom. The van der Waals surface area contributed by atoms with Gasteiger partial charge in [0.25, 0.3) is 0 Å². The number of nitrogens with zero attached hydrogens (tertiary/aromatic N) is 2. The molecule has 0 spiro atoms. The van der Waals surface area contributed by atoms with Crippen molar-refractivity contribution in [2.24, 2.45) is 0 Å². The predicted octanol–water partition coefficient (Wildman–Crippen LogP) is 5.65. The summed E-state index contributed by atoms with van der Waals surface area (Å²) in [4.78, 5) is 16.0. The molecule has 1 fully saturated rings. The second kappa shape index (κ2) is 7.69. The van der Waals surface area contributed by atoms with Gasteiger partial charge in [0.2, 0.25) is 0 Å². The summed E-state index contributed by atoms with van der Waals surface area (Å²) in [5.41, 5.74) is 2.30. The van der Waals surface area contributed by atoms with E-state index in [9.17, 15) is 9.18 Å². The number of carbonyl (C=O) groups is 1. The third-order valence-corrected chi connectivity index (χ3v) is 6.48. The molecule has 3 aromatic carbocycles. The van der Waals surface area contributed by atoms with Crippen LogP contribution in [0.2, 0.25) is 0 Å². The minimum Gasteiger partial charge on any atom is -0.345 e. The summed E-state index contributed by atoms with van der Waals surface area (Å²) >= 11 is 0. The zero-order valence-electron chi connectivity index (χ0n) is 17.1. The molecule has 1 aliphatic rings. The Morgan fingerprint density at radius 3 is 2.47 bits per heavy atom. The van der Waals surface area contributed by atoms with E-state index in [1.54, 1.807) is 18.2 Å². The Balaban J connectivity index is 1.60. The van der Waals surface area contributed by atoms with Gasteiger partial charge in [0.05, 0.1) is 0 Å². The van der Waals surface area contributed by atoms with Crippen LogP contribution in [-0.2, 0) is 6.54 Å². The van der Waals surface area contributed by atoms with Gasteiger partial charge in [-0.15, -0.1) is 0 Å². The molecule has 0 aliphatic carbocycles. The molecule has 152 valence electrons. The Morgan fingerprint density at radius 1 is 0.933 bits per heavy atom. The molecular weight excluding hydrogens is 375 g/mol. The Labute approximate surface area is 175 Å². The van der Waals surface area contributed by atoms with Crippen molar-refractivity contribution >= 4 is 27.5 Å². The summed E-state index contributed by atoms with van der Waals surface area (Å²) in [5, 5.41) is 2.09. The summed E-state index contributed by atoms with van der Waals surface area (Å²) in [5.74, 6) is -0.358. The van der Waals surface area contributed by atoms with Crippen LogP contribution in [0.15, 0.2) is 66.9 Å². The van der Waals surface area contributed by atoms with Gasteiger partial charge in [-0.1, -0.05) is 48.9 Å². The van der Waals surface area contributed by atoms with Crippen molar-refractivity contribution in [2.75, 3.05) is 13.6 Å². The van der Waals surface area contributed by atoms with E-state index < -0.39 is 0 Å². The van der Waals surface area contributed by atoms with Gasteiger partial charge in [-0.05, 0) is 50.0 Å². The molecule has 0 amide bonds. The number of rotatable bonds is 4. The van der Waals surface area contributed by atoms with Crippen molar-refractivity contribution in [3.05, 3.63) is 83.8 Å². The van der Waals surface area contributed by atoms with Crippen molar-refractivity contribution in [1.82, 2.24) is 9.47 Å². The Kier molecular flexibility index (Phi) is 4.87. The summed E-state index contributed by atoms with van der Waals surface area (Å²) in [6.07, 6.45) is 5.67. The molecule has 2 heterocycles. The number of carbonyl (C=O) groups excluding carboxylic acids is 1. The Hall–Kier alpha value is -2.98. The van der Waals surface area contributed by atoms with Crippen molar-refractivity contribution < 1.29 is 9.18 Å². The fourth-order valence-corrected chi connectivity index (χ4v) is 4.79. The molecule has 0 unspecified atom stereocenters. The van der Waals surface area contributed by atoms with Crippen LogP contribution in [-0.4, -0.2) is 34.9 Å². The first-order chi connectivity index (χ1) is 14.6. The molecule has 0 bridgehead atoms. The number of para-hydroxylation sites is 1. The molecule has 1 aromatic heterocycles. The first kappa shape index (κ1) is 19.0. The molecular formula is C26H25FN2O. The number of likely N-dealkylation sites (N-methyl/N-ethyl adjacent to an activating group) is 1. The molecule has 0 saturated carbocycles. The zero-order valence-corrected chi connectivity index (χ0v) is 17.1. The minimum absolute atomic E-state index is 0.0573. The van der Waals surface area contributed by atoms with Crippen LogP contribution in [0.4, 0.5) is 4.39 Å². The lowest BCUT2D eigenvalue weighted by molar-refractivity contribution is 0.104. The van der Waals surface area contributed by atoms with Gasteiger partial charge < -0.3 is 9.47 Å². The van der Waals surface area contributed by atoms with Gasteiger partial charge in [0.1, 0.15) is 5.82 Å². The van der Waals surface area contributed by atoms with E-state index in [0.717, 1.165) is 24.0 Å². The maximum absolute atomic E-state index is 14.3. The van der Waals surface area contributed by atoms with Crippen LogP contribution in [0.25, 0.3) is 21.7 Å². The van der Waals surface area contributed by atoms with E-state index in [4.69, 9.17) is 0 Å². The highest BCUT2D eigenvalue weighted by atomic mass is 19.1. The maximum Gasteiger partial charge on any atom is 0.195 e. The smallest absolute Gasteiger partial charge is 0.195 e. The topological polar surface area (TPSA) is 25.2 Å². The van der Waals surface area contributed by atoms with Crippen molar-refractivity contribution in [2.45, 2.75) is 31.8 Å². The third-order valence-electron chi connectivity index (χ3n) is 6.48. The van der Waals surface area contributed by atoms with E-state index in [1.165, 1.54) is 25.3 Å². The molecule has 1 saturated heterocycles. The van der Waals surface area contributed by atoms with Crippen molar-refractivity contribution in [3.63, 3.8) is 0 Å². The van der Waals surface area contributed by atoms with E-state index in [2.05, 4.69) is 22.6 Å². The third kappa shape index (κ3) is 3.21.